The second-order valence-corrected chi connectivity index (χ2v) is 6.24. The lowest BCUT2D eigenvalue weighted by Gasteiger charge is -2.10. The first-order valence-corrected chi connectivity index (χ1v) is 7.67. The summed E-state index contributed by atoms with van der Waals surface area (Å²) in [6.45, 7) is 6.97. The van der Waals surface area contributed by atoms with Gasteiger partial charge in [0.25, 0.3) is 0 Å². The molecule has 0 aromatic carbocycles. The Bertz CT molecular complexity index is 393. The Morgan fingerprint density at radius 1 is 1.39 bits per heavy atom. The maximum atomic E-state index is 4.62. The third kappa shape index (κ3) is 4.69. The van der Waals surface area contributed by atoms with Crippen LogP contribution in [0.25, 0.3) is 0 Å². The minimum absolute atomic E-state index is 0.775. The first kappa shape index (κ1) is 13.4. The Kier molecular flexibility index (Phi) is 5.05. The summed E-state index contributed by atoms with van der Waals surface area (Å²) in [5.74, 6) is 1.92. The first-order chi connectivity index (χ1) is 8.78. The lowest BCUT2D eigenvalue weighted by atomic mass is 10.3. The molecule has 2 rings (SSSR count). The molecule has 3 nitrogen and oxygen atoms in total. The number of hydrogen-bond acceptors (Lipinski definition) is 2. The molecule has 1 aliphatic carbocycles. The molecule has 1 saturated carbocycles. The molecule has 1 aromatic heterocycles. The lowest BCUT2D eigenvalue weighted by Crippen LogP contribution is -2.37. The van der Waals surface area contributed by atoms with Crippen LogP contribution in [0.4, 0.5) is 0 Å². The van der Waals surface area contributed by atoms with Crippen LogP contribution in [0.5, 0.6) is 0 Å². The lowest BCUT2D eigenvalue weighted by molar-refractivity contribution is 0.685. The number of aryl methyl sites for hydroxylation is 1. The van der Waals surface area contributed by atoms with Crippen molar-refractivity contribution in [2.45, 2.75) is 39.7 Å². The summed E-state index contributed by atoms with van der Waals surface area (Å²) >= 11 is 1.82. The van der Waals surface area contributed by atoms with E-state index < -0.39 is 0 Å². The summed E-state index contributed by atoms with van der Waals surface area (Å²) in [5.41, 5.74) is 0. The number of hydrogen-bond donors (Lipinski definition) is 2. The van der Waals surface area contributed by atoms with Crippen LogP contribution in [0, 0.1) is 12.8 Å². The fourth-order valence-corrected chi connectivity index (χ4v) is 2.68. The standard InChI is InChI=1S/C14H23N3S/c1-3-15-14(16-9-8-12-5-6-12)17-10-13-7-4-11(2)18-13/h4,7,12H,3,5-6,8-10H2,1-2H3,(H2,15,16,17). The SMILES string of the molecule is CCNC(=NCc1ccc(C)s1)NCCC1CC1. The van der Waals surface area contributed by atoms with Crippen molar-refractivity contribution in [3.05, 3.63) is 21.9 Å². The monoisotopic (exact) mass is 265 g/mol. The molecule has 1 aromatic rings. The van der Waals surface area contributed by atoms with Crippen LogP contribution >= 0.6 is 11.3 Å². The number of nitrogens with zero attached hydrogens (tertiary/aromatic N) is 1. The van der Waals surface area contributed by atoms with Crippen molar-refractivity contribution in [2.75, 3.05) is 13.1 Å². The van der Waals surface area contributed by atoms with E-state index in [0.29, 0.717) is 0 Å². The van der Waals surface area contributed by atoms with E-state index in [1.165, 1.54) is 29.0 Å². The molecular formula is C14H23N3S. The Hall–Kier alpha value is -1.03. The number of thiophene rings is 1. The highest BCUT2D eigenvalue weighted by molar-refractivity contribution is 7.11. The van der Waals surface area contributed by atoms with Gasteiger partial charge in [0.2, 0.25) is 0 Å². The predicted octanol–water partition coefficient (Wildman–Crippen LogP) is 2.91. The van der Waals surface area contributed by atoms with Crippen molar-refractivity contribution in [2.24, 2.45) is 10.9 Å². The highest BCUT2D eigenvalue weighted by Crippen LogP contribution is 2.31. The van der Waals surface area contributed by atoms with Gasteiger partial charge in [-0.25, -0.2) is 4.99 Å². The summed E-state index contributed by atoms with van der Waals surface area (Å²) in [6, 6.07) is 4.32. The Balaban J connectivity index is 1.78. The molecule has 0 atom stereocenters. The first-order valence-electron chi connectivity index (χ1n) is 6.85. The largest absolute Gasteiger partial charge is 0.357 e. The average Bonchev–Trinajstić information content (AvgIpc) is 3.08. The van der Waals surface area contributed by atoms with Crippen molar-refractivity contribution in [3.8, 4) is 0 Å². The van der Waals surface area contributed by atoms with E-state index in [-0.39, 0.29) is 0 Å². The molecule has 1 heterocycles. The number of aliphatic imine (C=N–C) groups is 1. The summed E-state index contributed by atoms with van der Waals surface area (Å²) < 4.78 is 0. The molecule has 0 unspecified atom stereocenters. The van der Waals surface area contributed by atoms with Crippen LogP contribution in [0.3, 0.4) is 0 Å². The van der Waals surface area contributed by atoms with Crippen molar-refractivity contribution in [3.63, 3.8) is 0 Å². The molecule has 1 fully saturated rings. The Labute approximate surface area is 114 Å². The predicted molar refractivity (Wildman–Crippen MR) is 79.2 cm³/mol. The van der Waals surface area contributed by atoms with Crippen LogP contribution in [-0.4, -0.2) is 19.0 Å². The molecule has 0 spiro atoms. The zero-order chi connectivity index (χ0) is 12.8. The molecule has 0 radical (unpaired) electrons. The van der Waals surface area contributed by atoms with Gasteiger partial charge < -0.3 is 10.6 Å². The Morgan fingerprint density at radius 3 is 2.83 bits per heavy atom. The van der Waals surface area contributed by atoms with Gasteiger partial charge in [-0.15, -0.1) is 11.3 Å². The van der Waals surface area contributed by atoms with Crippen molar-refractivity contribution >= 4 is 17.3 Å². The molecule has 18 heavy (non-hydrogen) atoms. The van der Waals surface area contributed by atoms with E-state index >= 15 is 0 Å². The second kappa shape index (κ2) is 6.78. The van der Waals surface area contributed by atoms with Crippen LogP contribution in [0.15, 0.2) is 17.1 Å². The van der Waals surface area contributed by atoms with Crippen LogP contribution in [0.2, 0.25) is 0 Å². The molecule has 0 saturated heterocycles. The summed E-state index contributed by atoms with van der Waals surface area (Å²) in [7, 11) is 0. The summed E-state index contributed by atoms with van der Waals surface area (Å²) in [4.78, 5) is 7.30. The molecule has 0 amide bonds. The molecule has 2 N–H and O–H groups in total. The number of nitrogens with one attached hydrogen (secondary N) is 2. The number of guanidine groups is 1. The molecule has 0 bridgehead atoms. The molecular weight excluding hydrogens is 242 g/mol. The summed E-state index contributed by atoms with van der Waals surface area (Å²) in [5, 5.41) is 6.71. The van der Waals surface area contributed by atoms with E-state index in [1.54, 1.807) is 0 Å². The minimum atomic E-state index is 0.775. The fraction of sp³-hybridized carbons (Fsp3) is 0.643. The van der Waals surface area contributed by atoms with Gasteiger partial charge in [-0.05, 0) is 38.3 Å². The molecule has 4 heteroatoms. The van der Waals surface area contributed by atoms with Crippen molar-refractivity contribution in [1.82, 2.24) is 10.6 Å². The third-order valence-electron chi connectivity index (χ3n) is 3.08. The van der Waals surface area contributed by atoms with Gasteiger partial charge in [0.05, 0.1) is 6.54 Å². The normalized spacial score (nSPS) is 15.8. The minimum Gasteiger partial charge on any atom is -0.357 e. The average molecular weight is 265 g/mol. The van der Waals surface area contributed by atoms with E-state index in [2.05, 4.69) is 41.6 Å². The van der Waals surface area contributed by atoms with Crippen molar-refractivity contribution < 1.29 is 0 Å². The molecule has 0 aliphatic heterocycles. The van der Waals surface area contributed by atoms with Crippen LogP contribution in [-0.2, 0) is 6.54 Å². The second-order valence-electron chi connectivity index (χ2n) is 4.87. The van der Waals surface area contributed by atoms with E-state index in [9.17, 15) is 0 Å². The van der Waals surface area contributed by atoms with E-state index in [1.807, 2.05) is 11.3 Å². The highest BCUT2D eigenvalue weighted by atomic mass is 32.1. The van der Waals surface area contributed by atoms with Gasteiger partial charge >= 0.3 is 0 Å². The summed E-state index contributed by atoms with van der Waals surface area (Å²) in [6.07, 6.45) is 4.12. The Morgan fingerprint density at radius 2 is 2.22 bits per heavy atom. The van der Waals surface area contributed by atoms with Gasteiger partial charge in [-0.2, -0.15) is 0 Å². The number of rotatable bonds is 6. The van der Waals surface area contributed by atoms with Gasteiger partial charge in [-0.3, -0.25) is 0 Å². The highest BCUT2D eigenvalue weighted by Gasteiger charge is 2.20. The van der Waals surface area contributed by atoms with E-state index in [4.69, 9.17) is 0 Å². The van der Waals surface area contributed by atoms with Gasteiger partial charge in [0.1, 0.15) is 0 Å². The van der Waals surface area contributed by atoms with Gasteiger partial charge in [0.15, 0.2) is 5.96 Å². The fourth-order valence-electron chi connectivity index (χ4n) is 1.87. The van der Waals surface area contributed by atoms with Gasteiger partial charge in [-0.1, -0.05) is 12.8 Å². The van der Waals surface area contributed by atoms with Crippen molar-refractivity contribution in [1.29, 1.82) is 0 Å². The molecule has 1 aliphatic rings. The van der Waals surface area contributed by atoms with Crippen LogP contribution < -0.4 is 10.6 Å². The topological polar surface area (TPSA) is 36.4 Å². The maximum absolute atomic E-state index is 4.62. The molecule has 100 valence electrons. The maximum Gasteiger partial charge on any atom is 0.191 e. The quantitative estimate of drug-likeness (QED) is 0.613. The zero-order valence-corrected chi connectivity index (χ0v) is 12.1. The van der Waals surface area contributed by atoms with E-state index in [0.717, 1.165) is 31.5 Å². The van der Waals surface area contributed by atoms with Gasteiger partial charge in [0, 0.05) is 22.8 Å². The van der Waals surface area contributed by atoms with Crippen LogP contribution in [0.1, 0.15) is 35.9 Å². The smallest absolute Gasteiger partial charge is 0.191 e. The third-order valence-corrected chi connectivity index (χ3v) is 4.06. The zero-order valence-electron chi connectivity index (χ0n) is 11.3.